The monoisotopic (exact) mass is 424 g/mol. The quantitative estimate of drug-likeness (QED) is 0.748. The van der Waals surface area contributed by atoms with Crippen molar-refractivity contribution in [2.24, 2.45) is 0 Å². The highest BCUT2D eigenvalue weighted by Gasteiger charge is 2.31. The molecule has 29 heavy (non-hydrogen) atoms. The van der Waals surface area contributed by atoms with E-state index < -0.39 is 17.6 Å². The number of carbonyl (C=O) groups excluding carboxylic acids is 2. The summed E-state index contributed by atoms with van der Waals surface area (Å²) in [7, 11) is 0. The minimum atomic E-state index is -4.53. The molecule has 6 nitrogen and oxygen atoms in total. The van der Waals surface area contributed by atoms with Crippen LogP contribution in [0.1, 0.15) is 26.4 Å². The van der Waals surface area contributed by atoms with Gasteiger partial charge in [-0.1, -0.05) is 12.1 Å². The van der Waals surface area contributed by atoms with Gasteiger partial charge in [-0.2, -0.15) is 13.2 Å². The molecule has 3 rings (SSSR count). The minimum Gasteiger partial charge on any atom is -0.335 e. The molecule has 2 aromatic rings. The van der Waals surface area contributed by atoms with Crippen molar-refractivity contribution in [1.82, 2.24) is 14.8 Å². The lowest BCUT2D eigenvalue weighted by Gasteiger charge is -2.33. The van der Waals surface area contributed by atoms with Crippen molar-refractivity contribution >= 4 is 28.3 Å². The second-order valence-corrected chi connectivity index (χ2v) is 7.31. The van der Waals surface area contributed by atoms with Crippen LogP contribution in [-0.4, -0.2) is 59.3 Å². The van der Waals surface area contributed by atoms with Crippen LogP contribution in [0.4, 0.5) is 18.3 Å². The van der Waals surface area contributed by atoms with Gasteiger partial charge >= 0.3 is 6.18 Å². The number of halogens is 3. The summed E-state index contributed by atoms with van der Waals surface area (Å²) in [6, 6.07) is 4.12. The first kappa shape index (κ1) is 21.0. The van der Waals surface area contributed by atoms with E-state index in [1.54, 1.807) is 4.90 Å². The molecular formula is C19H19F3N4O2S. The number of anilines is 1. The van der Waals surface area contributed by atoms with Crippen molar-refractivity contribution in [3.05, 3.63) is 59.1 Å². The maximum absolute atomic E-state index is 12.8. The Balaban J connectivity index is 1.62. The molecule has 1 fully saturated rings. The zero-order valence-electron chi connectivity index (χ0n) is 15.4. The maximum atomic E-state index is 12.8. The fourth-order valence-electron chi connectivity index (χ4n) is 2.91. The van der Waals surface area contributed by atoms with Gasteiger partial charge in [0.2, 0.25) is 0 Å². The number of hydrogen-bond acceptors (Lipinski definition) is 5. The molecule has 2 amide bonds. The lowest BCUT2D eigenvalue weighted by atomic mass is 10.1. The van der Waals surface area contributed by atoms with Crippen LogP contribution in [0.5, 0.6) is 0 Å². The summed E-state index contributed by atoms with van der Waals surface area (Å²) in [6.45, 7) is 7.07. The first-order valence-electron chi connectivity index (χ1n) is 8.84. The number of carbonyl (C=O) groups is 2. The van der Waals surface area contributed by atoms with E-state index in [4.69, 9.17) is 0 Å². The number of amides is 2. The molecule has 2 heterocycles. The van der Waals surface area contributed by atoms with E-state index in [1.807, 2.05) is 6.08 Å². The fourth-order valence-corrected chi connectivity index (χ4v) is 3.59. The Hall–Kier alpha value is -2.72. The summed E-state index contributed by atoms with van der Waals surface area (Å²) >= 11 is 1.05. The molecule has 1 N–H and O–H groups in total. The van der Waals surface area contributed by atoms with Crippen LogP contribution in [0, 0.1) is 0 Å². The van der Waals surface area contributed by atoms with Crippen LogP contribution in [0.2, 0.25) is 0 Å². The van der Waals surface area contributed by atoms with Crippen LogP contribution in [-0.2, 0) is 6.18 Å². The van der Waals surface area contributed by atoms with E-state index in [-0.39, 0.29) is 22.3 Å². The molecule has 154 valence electrons. The Morgan fingerprint density at radius 3 is 2.62 bits per heavy atom. The van der Waals surface area contributed by atoms with Gasteiger partial charge in [0.05, 0.1) is 5.56 Å². The molecule has 0 spiro atoms. The smallest absolute Gasteiger partial charge is 0.335 e. The van der Waals surface area contributed by atoms with Gasteiger partial charge in [-0.15, -0.1) is 17.9 Å². The lowest BCUT2D eigenvalue weighted by Crippen LogP contribution is -2.48. The zero-order valence-corrected chi connectivity index (χ0v) is 16.2. The number of nitrogens with zero attached hydrogens (tertiary/aromatic N) is 3. The van der Waals surface area contributed by atoms with Gasteiger partial charge in [0.25, 0.3) is 11.8 Å². The third kappa shape index (κ3) is 5.21. The van der Waals surface area contributed by atoms with Crippen molar-refractivity contribution in [2.75, 3.05) is 38.0 Å². The molecule has 0 saturated carbocycles. The number of hydrogen-bond donors (Lipinski definition) is 1. The van der Waals surface area contributed by atoms with Crippen LogP contribution in [0.3, 0.4) is 0 Å². The topological polar surface area (TPSA) is 65.5 Å². The molecule has 1 aromatic carbocycles. The number of rotatable bonds is 5. The molecule has 1 saturated heterocycles. The number of nitrogens with one attached hydrogen (secondary N) is 1. The highest BCUT2D eigenvalue weighted by atomic mass is 32.1. The van der Waals surface area contributed by atoms with Crippen LogP contribution in [0.25, 0.3) is 0 Å². The first-order chi connectivity index (χ1) is 13.8. The van der Waals surface area contributed by atoms with Crippen molar-refractivity contribution in [3.8, 4) is 0 Å². The van der Waals surface area contributed by atoms with E-state index in [2.05, 4.69) is 21.8 Å². The van der Waals surface area contributed by atoms with Crippen molar-refractivity contribution in [1.29, 1.82) is 0 Å². The lowest BCUT2D eigenvalue weighted by molar-refractivity contribution is -0.137. The van der Waals surface area contributed by atoms with E-state index in [9.17, 15) is 22.8 Å². The van der Waals surface area contributed by atoms with Crippen molar-refractivity contribution in [3.63, 3.8) is 0 Å². The Morgan fingerprint density at radius 2 is 1.97 bits per heavy atom. The Kier molecular flexibility index (Phi) is 6.33. The largest absolute Gasteiger partial charge is 0.416 e. The second-order valence-electron chi connectivity index (χ2n) is 6.45. The van der Waals surface area contributed by atoms with E-state index in [1.165, 1.54) is 17.5 Å². The molecule has 0 aliphatic carbocycles. The number of piperazine rings is 1. The van der Waals surface area contributed by atoms with Gasteiger partial charge in [-0.25, -0.2) is 4.98 Å². The van der Waals surface area contributed by atoms with Gasteiger partial charge in [0.15, 0.2) is 5.13 Å². The first-order valence-corrected chi connectivity index (χ1v) is 9.72. The van der Waals surface area contributed by atoms with E-state index in [0.717, 1.165) is 43.1 Å². The third-order valence-electron chi connectivity index (χ3n) is 4.44. The van der Waals surface area contributed by atoms with Gasteiger partial charge in [-0.3, -0.25) is 19.8 Å². The van der Waals surface area contributed by atoms with Crippen LogP contribution in [0.15, 0.2) is 42.3 Å². The molecule has 0 unspecified atom stereocenters. The number of thiazole rings is 1. The Labute approximate surface area is 169 Å². The van der Waals surface area contributed by atoms with E-state index >= 15 is 0 Å². The molecule has 10 heteroatoms. The summed E-state index contributed by atoms with van der Waals surface area (Å²) in [4.78, 5) is 32.8. The normalized spacial score (nSPS) is 15.2. The van der Waals surface area contributed by atoms with Crippen molar-refractivity contribution in [2.45, 2.75) is 6.18 Å². The fraction of sp³-hybridized carbons (Fsp3) is 0.316. The number of alkyl halides is 3. The van der Waals surface area contributed by atoms with Gasteiger partial charge < -0.3 is 4.90 Å². The summed E-state index contributed by atoms with van der Waals surface area (Å²) in [6.07, 6.45) is -2.72. The Morgan fingerprint density at radius 1 is 1.24 bits per heavy atom. The number of aromatic nitrogens is 1. The van der Waals surface area contributed by atoms with Crippen LogP contribution < -0.4 is 5.32 Å². The summed E-state index contributed by atoms with van der Waals surface area (Å²) in [5, 5.41) is 4.13. The average Bonchev–Trinajstić information content (AvgIpc) is 3.16. The predicted octanol–water partition coefficient (Wildman–Crippen LogP) is 3.36. The average molecular weight is 424 g/mol. The SMILES string of the molecule is C=CCN1CCN(C(=O)c2csc(NC(=O)c3cccc(C(F)(F)F)c3)n2)CC1. The second kappa shape index (κ2) is 8.75. The van der Waals surface area contributed by atoms with Gasteiger partial charge in [0.1, 0.15) is 5.69 Å². The van der Waals surface area contributed by atoms with E-state index in [0.29, 0.717) is 13.1 Å². The van der Waals surface area contributed by atoms with Crippen molar-refractivity contribution < 1.29 is 22.8 Å². The zero-order chi connectivity index (χ0) is 21.0. The predicted molar refractivity (Wildman–Crippen MR) is 104 cm³/mol. The molecular weight excluding hydrogens is 405 g/mol. The van der Waals surface area contributed by atoms with Crippen LogP contribution >= 0.6 is 11.3 Å². The highest BCUT2D eigenvalue weighted by molar-refractivity contribution is 7.14. The molecule has 0 radical (unpaired) electrons. The molecule has 1 aromatic heterocycles. The maximum Gasteiger partial charge on any atom is 0.416 e. The summed E-state index contributed by atoms with van der Waals surface area (Å²) in [5.74, 6) is -0.957. The minimum absolute atomic E-state index is 0.138. The molecule has 1 aliphatic rings. The Bertz CT molecular complexity index is 905. The number of benzene rings is 1. The summed E-state index contributed by atoms with van der Waals surface area (Å²) in [5.41, 5.74) is -0.844. The molecule has 1 aliphatic heterocycles. The molecule has 0 atom stereocenters. The van der Waals surface area contributed by atoms with Gasteiger partial charge in [-0.05, 0) is 18.2 Å². The summed E-state index contributed by atoms with van der Waals surface area (Å²) < 4.78 is 38.4. The standard InChI is InChI=1S/C19H19F3N4O2S/c1-2-6-25-7-9-26(10-8-25)17(28)15-12-29-18(23-15)24-16(27)13-4-3-5-14(11-13)19(20,21)22/h2-5,11-12H,1,6-10H2,(H,23,24,27). The van der Waals surface area contributed by atoms with Gasteiger partial charge in [0, 0.05) is 43.7 Å². The highest BCUT2D eigenvalue weighted by Crippen LogP contribution is 2.29. The third-order valence-corrected chi connectivity index (χ3v) is 5.20. The molecule has 0 bridgehead atoms.